The van der Waals surface area contributed by atoms with Crippen LogP contribution in [0.2, 0.25) is 0 Å². The summed E-state index contributed by atoms with van der Waals surface area (Å²) in [7, 11) is -2.65. The molecule has 2 aromatic carbocycles. The van der Waals surface area contributed by atoms with Gasteiger partial charge in [0.1, 0.15) is 12.2 Å². The van der Waals surface area contributed by atoms with Crippen LogP contribution in [0.1, 0.15) is 10.5 Å². The second-order valence-electron chi connectivity index (χ2n) is 6.09. The number of rotatable bonds is 6. The lowest BCUT2D eigenvalue weighted by Crippen LogP contribution is -2.26. The molecule has 3 rings (SSSR count). The summed E-state index contributed by atoms with van der Waals surface area (Å²) >= 11 is 0. The maximum atomic E-state index is 14.3. The molecule has 0 aliphatic heterocycles. The van der Waals surface area contributed by atoms with E-state index in [-0.39, 0.29) is 27.5 Å². The van der Waals surface area contributed by atoms with Gasteiger partial charge in [-0.1, -0.05) is 18.2 Å². The second-order valence-corrected chi connectivity index (χ2v) is 7.66. The van der Waals surface area contributed by atoms with Gasteiger partial charge in [0.05, 0.1) is 29.7 Å². The van der Waals surface area contributed by atoms with E-state index in [9.17, 15) is 22.7 Å². The van der Waals surface area contributed by atoms with Crippen LogP contribution < -0.4 is 15.0 Å². The van der Waals surface area contributed by atoms with Crippen molar-refractivity contribution in [3.05, 3.63) is 54.0 Å². The number of hydrogen-bond acceptors (Lipinski definition) is 7. The molecule has 30 heavy (non-hydrogen) atoms. The topological polar surface area (TPSA) is 151 Å². The average molecular weight is 429 g/mol. The van der Waals surface area contributed by atoms with E-state index < -0.39 is 34.0 Å². The summed E-state index contributed by atoms with van der Waals surface area (Å²) in [5.41, 5.74) is 0.159. The first-order valence-electron chi connectivity index (χ1n) is 8.33. The highest BCUT2D eigenvalue weighted by Gasteiger charge is 2.23. The summed E-state index contributed by atoms with van der Waals surface area (Å²) < 4.78 is 43.1. The van der Waals surface area contributed by atoms with Crippen molar-refractivity contribution in [1.29, 1.82) is 5.26 Å². The molecule has 0 bridgehead atoms. The van der Waals surface area contributed by atoms with Gasteiger partial charge < -0.3 is 14.6 Å². The fourth-order valence-electron chi connectivity index (χ4n) is 2.95. The molecule has 3 aromatic rings. The van der Waals surface area contributed by atoms with Crippen LogP contribution in [0.15, 0.2) is 47.4 Å². The molecule has 0 amide bonds. The number of carbonyl (C=O) groups is 1. The third-order valence-electron chi connectivity index (χ3n) is 4.26. The van der Waals surface area contributed by atoms with Crippen LogP contribution in [0.25, 0.3) is 22.4 Å². The standard InChI is InChI=1S/C19H15FN4O5S/c1-29-15-7-4-12(10-14(15)20)16-17(23-24(9-8-21)18(16)19(25)26)11-2-5-13(6-3-11)30(22,27)28/h2-7,10H,9H2,1H3,(H,25,26)(H2,22,27,28)/p-1. The van der Waals surface area contributed by atoms with Gasteiger partial charge in [0.15, 0.2) is 11.6 Å². The predicted octanol–water partition coefficient (Wildman–Crippen LogP) is 0.899. The molecule has 0 saturated carbocycles. The van der Waals surface area contributed by atoms with Crippen molar-refractivity contribution >= 4 is 16.0 Å². The van der Waals surface area contributed by atoms with Gasteiger partial charge in [0.25, 0.3) is 0 Å². The molecule has 1 heterocycles. The van der Waals surface area contributed by atoms with E-state index in [1.165, 1.54) is 43.5 Å². The van der Waals surface area contributed by atoms with Crippen LogP contribution in [-0.2, 0) is 16.6 Å². The molecule has 0 unspecified atom stereocenters. The first-order chi connectivity index (χ1) is 14.2. The molecule has 0 saturated heterocycles. The summed E-state index contributed by atoms with van der Waals surface area (Å²) in [6.45, 7) is -0.399. The molecule has 0 fully saturated rings. The number of primary sulfonamides is 1. The Bertz CT molecular complexity index is 1280. The van der Waals surface area contributed by atoms with Gasteiger partial charge in [-0.2, -0.15) is 10.4 Å². The zero-order valence-corrected chi connectivity index (χ0v) is 16.3. The minimum Gasteiger partial charge on any atom is -0.543 e. The Hall–Kier alpha value is -3.75. The van der Waals surface area contributed by atoms with E-state index in [0.717, 1.165) is 10.7 Å². The summed E-state index contributed by atoms with van der Waals surface area (Å²) in [6.07, 6.45) is 0. The molecular weight excluding hydrogens is 415 g/mol. The van der Waals surface area contributed by atoms with Gasteiger partial charge >= 0.3 is 0 Å². The van der Waals surface area contributed by atoms with Crippen LogP contribution in [0.4, 0.5) is 4.39 Å². The molecule has 0 atom stereocenters. The van der Waals surface area contributed by atoms with Gasteiger partial charge in [-0.3, -0.25) is 0 Å². The largest absolute Gasteiger partial charge is 0.543 e. The van der Waals surface area contributed by atoms with Crippen molar-refractivity contribution in [2.24, 2.45) is 5.14 Å². The van der Waals surface area contributed by atoms with Gasteiger partial charge in [-0.25, -0.2) is 22.6 Å². The summed E-state index contributed by atoms with van der Waals surface area (Å²) in [5, 5.41) is 30.1. The third kappa shape index (κ3) is 3.86. The zero-order valence-electron chi connectivity index (χ0n) is 15.5. The van der Waals surface area contributed by atoms with Gasteiger partial charge in [-0.05, 0) is 29.8 Å². The minimum absolute atomic E-state index is 0.00941. The van der Waals surface area contributed by atoms with Crippen LogP contribution in [0.5, 0.6) is 5.75 Å². The Morgan fingerprint density at radius 2 is 1.90 bits per heavy atom. The second kappa shape index (κ2) is 7.94. The Balaban J connectivity index is 2.30. The third-order valence-corrected chi connectivity index (χ3v) is 5.19. The number of aromatic carboxylic acids is 1. The minimum atomic E-state index is -3.94. The van der Waals surface area contributed by atoms with Crippen molar-refractivity contribution in [3.63, 3.8) is 0 Å². The van der Waals surface area contributed by atoms with Gasteiger partial charge in [-0.15, -0.1) is 0 Å². The van der Waals surface area contributed by atoms with E-state index in [2.05, 4.69) is 5.10 Å². The summed E-state index contributed by atoms with van der Waals surface area (Å²) in [4.78, 5) is 11.7. The number of halogens is 1. The molecule has 11 heteroatoms. The first kappa shape index (κ1) is 21.0. The number of aromatic nitrogens is 2. The molecule has 0 spiro atoms. The number of carboxylic acid groups (broad SMARTS) is 1. The molecule has 9 nitrogen and oxygen atoms in total. The van der Waals surface area contributed by atoms with E-state index in [0.29, 0.717) is 5.56 Å². The molecule has 2 N–H and O–H groups in total. The monoisotopic (exact) mass is 429 g/mol. The number of nitrogens with two attached hydrogens (primary N) is 1. The van der Waals surface area contributed by atoms with Crippen molar-refractivity contribution in [2.45, 2.75) is 11.4 Å². The zero-order chi connectivity index (χ0) is 22.1. The predicted molar refractivity (Wildman–Crippen MR) is 101 cm³/mol. The SMILES string of the molecule is COc1ccc(-c2c(-c3ccc(S(N)(=O)=O)cc3)nn(CC#N)c2C(=O)[O-])cc1F. The fraction of sp³-hybridized carbons (Fsp3) is 0.105. The van der Waals surface area contributed by atoms with Crippen LogP contribution in [-0.4, -0.2) is 31.3 Å². The quantitative estimate of drug-likeness (QED) is 0.611. The number of methoxy groups -OCH3 is 1. The fourth-order valence-corrected chi connectivity index (χ4v) is 3.47. The Labute approximate surface area is 170 Å². The first-order valence-corrected chi connectivity index (χ1v) is 9.88. The summed E-state index contributed by atoms with van der Waals surface area (Å²) in [5.74, 6) is -2.39. The van der Waals surface area contributed by atoms with Gasteiger partial charge in [0, 0.05) is 11.1 Å². The number of nitriles is 1. The van der Waals surface area contributed by atoms with Crippen molar-refractivity contribution in [2.75, 3.05) is 7.11 Å². The maximum absolute atomic E-state index is 14.3. The normalized spacial score (nSPS) is 11.1. The Morgan fingerprint density at radius 1 is 1.27 bits per heavy atom. The van der Waals surface area contributed by atoms with Crippen molar-refractivity contribution < 1.29 is 27.4 Å². The number of carboxylic acids is 1. The van der Waals surface area contributed by atoms with Crippen molar-refractivity contribution in [1.82, 2.24) is 9.78 Å². The summed E-state index contributed by atoms with van der Waals surface area (Å²) in [6, 6.07) is 10.8. The maximum Gasteiger partial charge on any atom is 0.238 e. The lowest BCUT2D eigenvalue weighted by atomic mass is 9.98. The van der Waals surface area contributed by atoms with E-state index in [1.807, 2.05) is 0 Å². The van der Waals surface area contributed by atoms with Crippen molar-refractivity contribution in [3.8, 4) is 34.2 Å². The highest BCUT2D eigenvalue weighted by Crippen LogP contribution is 2.36. The number of nitrogens with zero attached hydrogens (tertiary/aromatic N) is 3. The smallest absolute Gasteiger partial charge is 0.238 e. The number of benzene rings is 2. The average Bonchev–Trinajstić information content (AvgIpc) is 3.07. The molecule has 154 valence electrons. The number of carbonyl (C=O) groups excluding carboxylic acids is 1. The molecule has 0 radical (unpaired) electrons. The lowest BCUT2D eigenvalue weighted by molar-refractivity contribution is -0.255. The van der Waals surface area contributed by atoms with E-state index in [4.69, 9.17) is 15.1 Å². The number of sulfonamides is 1. The highest BCUT2D eigenvalue weighted by atomic mass is 32.2. The van der Waals surface area contributed by atoms with Crippen LogP contribution >= 0.6 is 0 Å². The molecule has 0 aliphatic carbocycles. The van der Waals surface area contributed by atoms with Gasteiger partial charge in [0.2, 0.25) is 10.0 Å². The Morgan fingerprint density at radius 3 is 2.40 bits per heavy atom. The molecular formula is C19H14FN4O5S-. The lowest BCUT2D eigenvalue weighted by Gasteiger charge is -2.10. The Kier molecular flexibility index (Phi) is 5.55. The molecule has 1 aromatic heterocycles. The number of hydrogen-bond donors (Lipinski definition) is 1. The van der Waals surface area contributed by atoms with E-state index >= 15 is 0 Å². The van der Waals surface area contributed by atoms with Crippen LogP contribution in [0, 0.1) is 17.1 Å². The molecule has 0 aliphatic rings. The van der Waals surface area contributed by atoms with Crippen LogP contribution in [0.3, 0.4) is 0 Å². The number of ether oxygens (including phenoxy) is 1. The highest BCUT2D eigenvalue weighted by molar-refractivity contribution is 7.89. The van der Waals surface area contributed by atoms with E-state index in [1.54, 1.807) is 6.07 Å².